The molecule has 3 aliphatic carbocycles. The Kier molecular flexibility index (Phi) is 7.41. The first-order valence-corrected chi connectivity index (χ1v) is 24.1. The zero-order valence-corrected chi connectivity index (χ0v) is 37.8. The predicted octanol–water partition coefficient (Wildman–Crippen LogP) is 17.7. The van der Waals surface area contributed by atoms with Gasteiger partial charge in [0, 0.05) is 47.7 Å². The van der Waals surface area contributed by atoms with E-state index in [1.807, 2.05) is 11.3 Å². The molecule has 0 amide bonds. The Hall–Kier alpha value is -7.98. The minimum atomic E-state index is -0.604. The molecule has 0 N–H and O–H groups in total. The SMILES string of the molecule is CC1(C)c2ccccc2-c2ccc(N(c3ccc4c(c3)-c3ccccc3-c3ccccc3C43c4ccccc4-c4cc5c(cc43)sc3ccccc35)c3cccc4c3oc3ccccc34)cc21. The molecule has 3 heteroatoms. The number of furan rings is 1. The van der Waals surface area contributed by atoms with Crippen molar-refractivity contribution < 1.29 is 4.42 Å². The van der Waals surface area contributed by atoms with Crippen LogP contribution in [0, 0.1) is 0 Å². The molecule has 1 atom stereocenters. The van der Waals surface area contributed by atoms with Crippen molar-refractivity contribution in [3.8, 4) is 44.5 Å². The van der Waals surface area contributed by atoms with Crippen LogP contribution in [0.3, 0.4) is 0 Å². The molecule has 2 heterocycles. The van der Waals surface area contributed by atoms with E-state index in [1.54, 1.807) is 0 Å². The number of hydrogen-bond donors (Lipinski definition) is 0. The average molecular weight is 872 g/mol. The van der Waals surface area contributed by atoms with Gasteiger partial charge in [0.05, 0.1) is 11.1 Å². The number of nitrogens with zero attached hydrogens (tertiary/aromatic N) is 1. The van der Waals surface area contributed by atoms with E-state index in [0.717, 1.165) is 39.0 Å². The van der Waals surface area contributed by atoms with Crippen LogP contribution in [-0.4, -0.2) is 0 Å². The molecule has 0 aliphatic heterocycles. The summed E-state index contributed by atoms with van der Waals surface area (Å²) in [6, 6.07) is 79.7. The highest BCUT2D eigenvalue weighted by Gasteiger charge is 2.50. The number of hydrogen-bond acceptors (Lipinski definition) is 3. The van der Waals surface area contributed by atoms with Gasteiger partial charge in [0.15, 0.2) is 5.58 Å². The zero-order valence-electron chi connectivity index (χ0n) is 37.0. The Balaban J connectivity index is 1.05. The molecule has 314 valence electrons. The van der Waals surface area contributed by atoms with Gasteiger partial charge in [-0.25, -0.2) is 0 Å². The second-order valence-corrected chi connectivity index (χ2v) is 20.2. The van der Waals surface area contributed by atoms with Crippen LogP contribution >= 0.6 is 11.3 Å². The summed E-state index contributed by atoms with van der Waals surface area (Å²) in [5, 5.41) is 4.86. The molecule has 10 aromatic carbocycles. The van der Waals surface area contributed by atoms with Crippen molar-refractivity contribution in [2.45, 2.75) is 24.7 Å². The minimum Gasteiger partial charge on any atom is -0.454 e. The first-order valence-electron chi connectivity index (χ1n) is 23.3. The summed E-state index contributed by atoms with van der Waals surface area (Å²) in [6.45, 7) is 4.73. The van der Waals surface area contributed by atoms with Gasteiger partial charge in [-0.15, -0.1) is 11.3 Å². The number of rotatable bonds is 3. The normalized spacial score (nSPS) is 15.8. The van der Waals surface area contributed by atoms with Gasteiger partial charge in [-0.2, -0.15) is 0 Å². The lowest BCUT2D eigenvalue weighted by Crippen LogP contribution is -2.29. The number of fused-ring (bicyclic) bond motifs is 21. The molecule has 0 saturated carbocycles. The van der Waals surface area contributed by atoms with Crippen molar-refractivity contribution in [3.63, 3.8) is 0 Å². The first kappa shape index (κ1) is 37.3. The molecule has 15 rings (SSSR count). The Labute approximate surface area is 392 Å². The zero-order chi connectivity index (χ0) is 44.2. The van der Waals surface area contributed by atoms with Crippen LogP contribution in [-0.2, 0) is 10.8 Å². The first-order chi connectivity index (χ1) is 33.0. The maximum Gasteiger partial charge on any atom is 0.159 e. The van der Waals surface area contributed by atoms with E-state index < -0.39 is 5.41 Å². The lowest BCUT2D eigenvalue weighted by Gasteiger charge is -2.36. The van der Waals surface area contributed by atoms with Gasteiger partial charge >= 0.3 is 0 Å². The Bertz CT molecular complexity index is 4110. The average Bonchev–Trinajstić information content (AvgIpc) is 4.07. The molecule has 67 heavy (non-hydrogen) atoms. The fraction of sp³-hybridized carbons (Fsp3) is 0.0625. The van der Waals surface area contributed by atoms with Gasteiger partial charge in [-0.1, -0.05) is 172 Å². The van der Waals surface area contributed by atoms with Gasteiger partial charge in [0.2, 0.25) is 0 Å². The molecular weight excluding hydrogens is 831 g/mol. The fourth-order valence-electron chi connectivity index (χ4n) is 12.6. The predicted molar refractivity (Wildman–Crippen MR) is 281 cm³/mol. The van der Waals surface area contributed by atoms with Crippen molar-refractivity contribution in [1.82, 2.24) is 0 Å². The van der Waals surface area contributed by atoms with Crippen molar-refractivity contribution in [2.75, 3.05) is 4.90 Å². The van der Waals surface area contributed by atoms with Crippen molar-refractivity contribution in [1.29, 1.82) is 0 Å². The minimum absolute atomic E-state index is 0.174. The summed E-state index contributed by atoms with van der Waals surface area (Å²) < 4.78 is 9.53. The lowest BCUT2D eigenvalue weighted by molar-refractivity contribution is 0.660. The van der Waals surface area contributed by atoms with Crippen LogP contribution in [0.2, 0.25) is 0 Å². The maximum absolute atomic E-state index is 6.89. The summed E-state index contributed by atoms with van der Waals surface area (Å²) in [5.74, 6) is 0. The third kappa shape index (κ3) is 4.84. The van der Waals surface area contributed by atoms with E-state index in [9.17, 15) is 0 Å². The molecule has 0 bridgehead atoms. The summed E-state index contributed by atoms with van der Waals surface area (Å²) in [7, 11) is 0. The second kappa shape index (κ2) is 13.3. The molecule has 12 aromatic rings. The summed E-state index contributed by atoms with van der Waals surface area (Å²) >= 11 is 1.90. The second-order valence-electron chi connectivity index (χ2n) is 19.1. The van der Waals surface area contributed by atoms with E-state index >= 15 is 0 Å². The van der Waals surface area contributed by atoms with Crippen LogP contribution in [0.4, 0.5) is 17.1 Å². The molecular formula is C64H41NOS. The Morgan fingerprint density at radius 3 is 1.70 bits per heavy atom. The molecule has 1 spiro atoms. The smallest absolute Gasteiger partial charge is 0.159 e. The standard InChI is InChI=1S/C64H41NOS/c1-63(2)52-24-10-5-19-43(52)45-32-30-39(35-56(45)63)65(58-27-15-23-48-46-21-8-13-28-59(46)66-62(48)58)38-31-33-55-49(34-38)41-17-4-3-16-40(41)42-18-6-11-25-53(42)64(55)54-26-12-7-20-44(54)50-36-51-47-22-9-14-29-60(47)67-61(51)37-57(50)64/h3-37H,1-2H3. The van der Waals surface area contributed by atoms with E-state index in [0.29, 0.717) is 0 Å². The van der Waals surface area contributed by atoms with Gasteiger partial charge in [-0.3, -0.25) is 0 Å². The van der Waals surface area contributed by atoms with E-state index in [-0.39, 0.29) is 5.41 Å². The van der Waals surface area contributed by atoms with Crippen molar-refractivity contribution in [3.05, 3.63) is 246 Å². The van der Waals surface area contributed by atoms with Crippen LogP contribution < -0.4 is 4.90 Å². The van der Waals surface area contributed by atoms with Crippen molar-refractivity contribution in [2.24, 2.45) is 0 Å². The van der Waals surface area contributed by atoms with E-state index in [2.05, 4.69) is 231 Å². The van der Waals surface area contributed by atoms with Crippen LogP contribution in [0.5, 0.6) is 0 Å². The molecule has 3 aliphatic rings. The quantitative estimate of drug-likeness (QED) is 0.176. The highest BCUT2D eigenvalue weighted by Crippen LogP contribution is 2.63. The molecule has 2 aromatic heterocycles. The monoisotopic (exact) mass is 871 g/mol. The van der Waals surface area contributed by atoms with Crippen LogP contribution in [0.25, 0.3) is 86.6 Å². The van der Waals surface area contributed by atoms with Gasteiger partial charge < -0.3 is 9.32 Å². The molecule has 0 fully saturated rings. The summed E-state index contributed by atoms with van der Waals surface area (Å²) in [6.07, 6.45) is 0. The molecule has 2 nitrogen and oxygen atoms in total. The highest BCUT2D eigenvalue weighted by molar-refractivity contribution is 7.25. The summed E-state index contributed by atoms with van der Waals surface area (Å²) in [5.41, 5.74) is 22.3. The number of thiophene rings is 1. The molecule has 0 radical (unpaired) electrons. The number of benzene rings is 10. The third-order valence-corrected chi connectivity index (χ3v) is 16.6. The molecule has 1 unspecified atom stereocenters. The fourth-order valence-corrected chi connectivity index (χ4v) is 13.7. The topological polar surface area (TPSA) is 16.4 Å². The van der Waals surface area contributed by atoms with Gasteiger partial charge in [0.1, 0.15) is 5.58 Å². The summed E-state index contributed by atoms with van der Waals surface area (Å²) in [4.78, 5) is 2.45. The van der Waals surface area contributed by atoms with Crippen LogP contribution in [0.15, 0.2) is 217 Å². The Morgan fingerprint density at radius 1 is 0.358 bits per heavy atom. The van der Waals surface area contributed by atoms with Crippen molar-refractivity contribution >= 4 is 70.5 Å². The van der Waals surface area contributed by atoms with Gasteiger partial charge in [0.25, 0.3) is 0 Å². The van der Waals surface area contributed by atoms with E-state index in [1.165, 1.54) is 98.1 Å². The number of anilines is 3. The third-order valence-electron chi connectivity index (χ3n) is 15.5. The number of para-hydroxylation sites is 2. The molecule has 0 saturated heterocycles. The van der Waals surface area contributed by atoms with Crippen LogP contribution in [0.1, 0.15) is 47.2 Å². The lowest BCUT2D eigenvalue weighted by atomic mass is 9.66. The maximum atomic E-state index is 6.89. The Morgan fingerprint density at radius 2 is 0.910 bits per heavy atom. The highest BCUT2D eigenvalue weighted by atomic mass is 32.1. The largest absolute Gasteiger partial charge is 0.454 e. The van der Waals surface area contributed by atoms with E-state index in [4.69, 9.17) is 4.42 Å². The van der Waals surface area contributed by atoms with Gasteiger partial charge in [-0.05, 0) is 132 Å².